The molecule has 3 nitrogen and oxygen atoms in total. The molecule has 0 aromatic heterocycles. The van der Waals surface area contributed by atoms with Crippen molar-refractivity contribution in [2.75, 3.05) is 19.6 Å². The van der Waals surface area contributed by atoms with Crippen LogP contribution in [-0.2, 0) is 11.2 Å². The van der Waals surface area contributed by atoms with Gasteiger partial charge in [0, 0.05) is 18.1 Å². The molecule has 0 saturated carbocycles. The summed E-state index contributed by atoms with van der Waals surface area (Å²) in [7, 11) is 0. The van der Waals surface area contributed by atoms with Gasteiger partial charge in [-0.05, 0) is 49.9 Å². The molecule has 1 amide bonds. The molecule has 2 N–H and O–H groups in total. The van der Waals surface area contributed by atoms with Crippen LogP contribution in [0.3, 0.4) is 0 Å². The first-order valence-corrected chi connectivity index (χ1v) is 7.36. The van der Waals surface area contributed by atoms with E-state index in [-0.39, 0.29) is 24.2 Å². The fourth-order valence-electron chi connectivity index (χ4n) is 2.38. The van der Waals surface area contributed by atoms with Crippen molar-refractivity contribution in [2.24, 2.45) is 5.92 Å². The second-order valence-corrected chi connectivity index (χ2v) is 5.50. The highest BCUT2D eigenvalue weighted by molar-refractivity contribution is 6.30. The van der Waals surface area contributed by atoms with E-state index < -0.39 is 0 Å². The highest BCUT2D eigenvalue weighted by Gasteiger charge is 2.19. The second-order valence-electron chi connectivity index (χ2n) is 5.06. The Kier molecular flexibility index (Phi) is 7.97. The monoisotopic (exact) mass is 316 g/mol. The third kappa shape index (κ3) is 5.70. The van der Waals surface area contributed by atoms with E-state index in [4.69, 9.17) is 11.6 Å². The highest BCUT2D eigenvalue weighted by atomic mass is 35.5. The van der Waals surface area contributed by atoms with E-state index in [0.717, 1.165) is 50.3 Å². The number of halogens is 2. The van der Waals surface area contributed by atoms with E-state index in [9.17, 15) is 4.79 Å². The van der Waals surface area contributed by atoms with Crippen LogP contribution in [0, 0.1) is 5.92 Å². The molecule has 0 radical (unpaired) electrons. The van der Waals surface area contributed by atoms with Crippen LogP contribution in [0.1, 0.15) is 24.8 Å². The van der Waals surface area contributed by atoms with Crippen LogP contribution in [0.2, 0.25) is 5.02 Å². The summed E-state index contributed by atoms with van der Waals surface area (Å²) in [5.74, 6) is 0.354. The zero-order valence-electron chi connectivity index (χ0n) is 11.5. The van der Waals surface area contributed by atoms with Gasteiger partial charge in [0.1, 0.15) is 0 Å². The fraction of sp³-hybridized carbons (Fsp3) is 0.533. The number of carbonyl (C=O) groups excluding carboxylic acids is 1. The lowest BCUT2D eigenvalue weighted by molar-refractivity contribution is -0.125. The van der Waals surface area contributed by atoms with Gasteiger partial charge in [0.15, 0.2) is 0 Å². The lowest BCUT2D eigenvalue weighted by Gasteiger charge is -2.21. The number of hydrogen-bond acceptors (Lipinski definition) is 2. The number of benzene rings is 1. The number of aryl methyl sites for hydroxylation is 1. The van der Waals surface area contributed by atoms with Crippen molar-refractivity contribution in [1.29, 1.82) is 0 Å². The van der Waals surface area contributed by atoms with Gasteiger partial charge >= 0.3 is 0 Å². The third-order valence-corrected chi connectivity index (χ3v) is 3.77. The van der Waals surface area contributed by atoms with Gasteiger partial charge in [-0.3, -0.25) is 4.79 Å². The van der Waals surface area contributed by atoms with Crippen LogP contribution in [-0.4, -0.2) is 25.5 Å². The molecule has 1 heterocycles. The van der Waals surface area contributed by atoms with Crippen LogP contribution in [0.15, 0.2) is 24.3 Å². The maximum absolute atomic E-state index is 11.9. The minimum absolute atomic E-state index is 0. The molecule has 0 bridgehead atoms. The lowest BCUT2D eigenvalue weighted by atomic mass is 9.99. The predicted molar refractivity (Wildman–Crippen MR) is 85.6 cm³/mol. The first-order valence-electron chi connectivity index (χ1n) is 6.98. The van der Waals surface area contributed by atoms with Crippen molar-refractivity contribution >= 4 is 29.9 Å². The smallest absolute Gasteiger partial charge is 0.224 e. The second kappa shape index (κ2) is 9.22. The molecule has 1 unspecified atom stereocenters. The van der Waals surface area contributed by atoms with Crippen molar-refractivity contribution in [1.82, 2.24) is 10.6 Å². The fourth-order valence-corrected chi connectivity index (χ4v) is 2.50. The Hall–Kier alpha value is -0.770. The van der Waals surface area contributed by atoms with Gasteiger partial charge in [-0.2, -0.15) is 0 Å². The normalized spacial score (nSPS) is 18.1. The van der Waals surface area contributed by atoms with Gasteiger partial charge in [0.25, 0.3) is 0 Å². The molecular weight excluding hydrogens is 295 g/mol. The van der Waals surface area contributed by atoms with Crippen molar-refractivity contribution in [3.8, 4) is 0 Å². The standard InChI is InChI=1S/C15H21ClN2O.ClH/c16-14-7-5-12(6-8-14)3-1-10-18-15(19)13-4-2-9-17-11-13;/h5-8,13,17H,1-4,9-11H2,(H,18,19);1H. The Labute approximate surface area is 131 Å². The molecular formula is C15H22Cl2N2O. The largest absolute Gasteiger partial charge is 0.356 e. The van der Waals surface area contributed by atoms with Gasteiger partial charge in [-0.25, -0.2) is 0 Å². The highest BCUT2D eigenvalue weighted by Crippen LogP contribution is 2.11. The topological polar surface area (TPSA) is 41.1 Å². The SMILES string of the molecule is Cl.O=C(NCCCc1ccc(Cl)cc1)C1CCCNC1. The third-order valence-electron chi connectivity index (χ3n) is 3.52. The summed E-state index contributed by atoms with van der Waals surface area (Å²) >= 11 is 5.84. The first kappa shape index (κ1) is 17.3. The van der Waals surface area contributed by atoms with Crippen LogP contribution < -0.4 is 10.6 Å². The van der Waals surface area contributed by atoms with Gasteiger partial charge in [-0.1, -0.05) is 23.7 Å². The number of carbonyl (C=O) groups is 1. The lowest BCUT2D eigenvalue weighted by Crippen LogP contribution is -2.40. The van der Waals surface area contributed by atoms with E-state index in [1.807, 2.05) is 24.3 Å². The molecule has 2 rings (SSSR count). The van der Waals surface area contributed by atoms with E-state index in [1.54, 1.807) is 0 Å². The van der Waals surface area contributed by atoms with Crippen molar-refractivity contribution in [2.45, 2.75) is 25.7 Å². The van der Waals surface area contributed by atoms with Crippen LogP contribution >= 0.6 is 24.0 Å². The summed E-state index contributed by atoms with van der Waals surface area (Å²) < 4.78 is 0. The predicted octanol–water partition coefficient (Wildman–Crippen LogP) is 2.81. The van der Waals surface area contributed by atoms with E-state index in [0.29, 0.717) is 0 Å². The molecule has 0 aliphatic carbocycles. The van der Waals surface area contributed by atoms with Crippen molar-refractivity contribution in [3.63, 3.8) is 0 Å². The van der Waals surface area contributed by atoms with Crippen molar-refractivity contribution < 1.29 is 4.79 Å². The van der Waals surface area contributed by atoms with E-state index in [1.165, 1.54) is 5.56 Å². The minimum atomic E-state index is 0. The van der Waals surface area contributed by atoms with Crippen LogP contribution in [0.25, 0.3) is 0 Å². The average molecular weight is 317 g/mol. The zero-order valence-corrected chi connectivity index (χ0v) is 13.1. The summed E-state index contributed by atoms with van der Waals surface area (Å²) in [5.41, 5.74) is 1.26. The van der Waals surface area contributed by atoms with E-state index in [2.05, 4.69) is 10.6 Å². The molecule has 20 heavy (non-hydrogen) atoms. The summed E-state index contributed by atoms with van der Waals surface area (Å²) in [5, 5.41) is 7.06. The van der Waals surface area contributed by atoms with Crippen LogP contribution in [0.5, 0.6) is 0 Å². The number of rotatable bonds is 5. The number of piperidine rings is 1. The van der Waals surface area contributed by atoms with Gasteiger partial charge < -0.3 is 10.6 Å². The quantitative estimate of drug-likeness (QED) is 0.820. The van der Waals surface area contributed by atoms with Crippen LogP contribution in [0.4, 0.5) is 0 Å². The molecule has 1 aromatic rings. The Morgan fingerprint density at radius 3 is 2.75 bits per heavy atom. The molecule has 112 valence electrons. The summed E-state index contributed by atoms with van der Waals surface area (Å²) in [6, 6.07) is 7.89. The van der Waals surface area contributed by atoms with E-state index >= 15 is 0 Å². The molecule has 1 atom stereocenters. The Balaban J connectivity index is 0.00000200. The Morgan fingerprint density at radius 1 is 1.35 bits per heavy atom. The Morgan fingerprint density at radius 2 is 2.10 bits per heavy atom. The van der Waals surface area contributed by atoms with Gasteiger partial charge in [0.05, 0.1) is 5.92 Å². The van der Waals surface area contributed by atoms with Gasteiger partial charge in [-0.15, -0.1) is 12.4 Å². The maximum Gasteiger partial charge on any atom is 0.224 e. The maximum atomic E-state index is 11.9. The zero-order chi connectivity index (χ0) is 13.5. The summed E-state index contributed by atoms with van der Waals surface area (Å²) in [4.78, 5) is 11.9. The summed E-state index contributed by atoms with van der Waals surface area (Å²) in [6.07, 6.45) is 4.05. The molecule has 5 heteroatoms. The average Bonchev–Trinajstić information content (AvgIpc) is 2.46. The number of nitrogens with one attached hydrogen (secondary N) is 2. The molecule has 1 aliphatic rings. The first-order chi connectivity index (χ1) is 9.25. The van der Waals surface area contributed by atoms with Gasteiger partial charge in [0.2, 0.25) is 5.91 Å². The van der Waals surface area contributed by atoms with Crippen molar-refractivity contribution in [3.05, 3.63) is 34.9 Å². The number of hydrogen-bond donors (Lipinski definition) is 2. The Bertz CT molecular complexity index is 403. The molecule has 1 aliphatic heterocycles. The minimum Gasteiger partial charge on any atom is -0.356 e. The molecule has 1 saturated heterocycles. The summed E-state index contributed by atoms with van der Waals surface area (Å²) in [6.45, 7) is 2.61. The number of amides is 1. The molecule has 1 fully saturated rings. The molecule has 0 spiro atoms. The molecule has 1 aromatic carbocycles.